The molecule has 106 valence electrons. The van der Waals surface area contributed by atoms with Crippen LogP contribution in [0.4, 0.5) is 4.79 Å². The number of nitrogens with one attached hydrogen (secondary N) is 2. The van der Waals surface area contributed by atoms with Crippen molar-refractivity contribution in [1.82, 2.24) is 15.8 Å². The Morgan fingerprint density at radius 1 is 1.39 bits per heavy atom. The number of morpholine rings is 1. The monoisotopic (exact) mass is 259 g/mol. The Morgan fingerprint density at radius 3 is 2.56 bits per heavy atom. The molecule has 2 N–H and O–H groups in total. The summed E-state index contributed by atoms with van der Waals surface area (Å²) >= 11 is 0. The van der Waals surface area contributed by atoms with Crippen LogP contribution in [0.1, 0.15) is 27.7 Å². The Hall–Kier alpha value is -0.850. The van der Waals surface area contributed by atoms with E-state index in [1.54, 1.807) is 0 Å². The molecule has 0 aromatic rings. The van der Waals surface area contributed by atoms with Gasteiger partial charge in [-0.25, -0.2) is 9.80 Å². The second-order valence-corrected chi connectivity index (χ2v) is 5.51. The van der Waals surface area contributed by atoms with Crippen LogP contribution >= 0.6 is 0 Å². The standard InChI is InChI=1S/C12H25N3O3/c1-10(14-15-5-7-17-8-6-15)9-13-11(16)18-12(2,3)4/h10,14H,5-9H2,1-4H3,(H,13,16). The van der Waals surface area contributed by atoms with E-state index < -0.39 is 5.60 Å². The molecule has 1 rings (SSSR count). The zero-order chi connectivity index (χ0) is 13.6. The van der Waals surface area contributed by atoms with Gasteiger partial charge in [-0.1, -0.05) is 0 Å². The smallest absolute Gasteiger partial charge is 0.407 e. The van der Waals surface area contributed by atoms with Crippen LogP contribution in [-0.2, 0) is 9.47 Å². The van der Waals surface area contributed by atoms with E-state index >= 15 is 0 Å². The second kappa shape index (κ2) is 6.92. The summed E-state index contributed by atoms with van der Waals surface area (Å²) in [6, 6.07) is 0.163. The molecule has 0 aliphatic carbocycles. The molecule has 1 heterocycles. The van der Waals surface area contributed by atoms with Crippen molar-refractivity contribution in [3.05, 3.63) is 0 Å². The van der Waals surface area contributed by atoms with E-state index in [2.05, 4.69) is 15.8 Å². The number of amides is 1. The molecule has 1 aliphatic heterocycles. The van der Waals surface area contributed by atoms with Gasteiger partial charge in [-0.2, -0.15) is 0 Å². The Morgan fingerprint density at radius 2 is 2.00 bits per heavy atom. The maximum Gasteiger partial charge on any atom is 0.407 e. The van der Waals surface area contributed by atoms with Crippen LogP contribution in [0.2, 0.25) is 0 Å². The third kappa shape index (κ3) is 6.78. The molecule has 18 heavy (non-hydrogen) atoms. The van der Waals surface area contributed by atoms with Gasteiger partial charge in [0.1, 0.15) is 5.60 Å². The zero-order valence-corrected chi connectivity index (χ0v) is 11.8. The first-order chi connectivity index (χ1) is 8.37. The van der Waals surface area contributed by atoms with E-state index in [1.807, 2.05) is 27.7 Å². The molecule has 0 saturated carbocycles. The van der Waals surface area contributed by atoms with Crippen LogP contribution in [0.3, 0.4) is 0 Å². The lowest BCUT2D eigenvalue weighted by Gasteiger charge is -2.30. The lowest BCUT2D eigenvalue weighted by molar-refractivity contribution is 0.00448. The fourth-order valence-electron chi connectivity index (χ4n) is 1.60. The first kappa shape index (κ1) is 15.2. The molecule has 0 spiro atoms. The van der Waals surface area contributed by atoms with Gasteiger partial charge in [0.15, 0.2) is 0 Å². The van der Waals surface area contributed by atoms with Crippen LogP contribution in [0, 0.1) is 0 Å². The van der Waals surface area contributed by atoms with Gasteiger partial charge in [0.05, 0.1) is 13.2 Å². The van der Waals surface area contributed by atoms with Crippen LogP contribution in [0.25, 0.3) is 0 Å². The molecular weight excluding hydrogens is 234 g/mol. The average Bonchev–Trinajstić information content (AvgIpc) is 2.25. The van der Waals surface area contributed by atoms with Crippen molar-refractivity contribution in [2.75, 3.05) is 32.8 Å². The molecule has 1 aliphatic rings. The fraction of sp³-hybridized carbons (Fsp3) is 0.917. The molecule has 0 radical (unpaired) electrons. The van der Waals surface area contributed by atoms with Gasteiger partial charge in [-0.3, -0.25) is 5.43 Å². The minimum absolute atomic E-state index is 0.163. The molecule has 1 amide bonds. The summed E-state index contributed by atoms with van der Waals surface area (Å²) < 4.78 is 10.4. The predicted molar refractivity (Wildman–Crippen MR) is 69.2 cm³/mol. The number of hydrogen-bond donors (Lipinski definition) is 2. The number of carbonyl (C=O) groups is 1. The lowest BCUT2D eigenvalue weighted by Crippen LogP contribution is -2.52. The topological polar surface area (TPSA) is 62.8 Å². The third-order valence-corrected chi connectivity index (χ3v) is 2.37. The van der Waals surface area contributed by atoms with Gasteiger partial charge in [-0.15, -0.1) is 0 Å². The normalized spacial score (nSPS) is 19.3. The minimum Gasteiger partial charge on any atom is -0.444 e. The second-order valence-electron chi connectivity index (χ2n) is 5.51. The molecule has 0 bridgehead atoms. The van der Waals surface area contributed by atoms with E-state index in [-0.39, 0.29) is 12.1 Å². The summed E-state index contributed by atoms with van der Waals surface area (Å²) in [5, 5.41) is 4.86. The van der Waals surface area contributed by atoms with E-state index in [9.17, 15) is 4.79 Å². The molecule has 6 nitrogen and oxygen atoms in total. The Labute approximate surface area is 109 Å². The van der Waals surface area contributed by atoms with E-state index in [0.29, 0.717) is 6.54 Å². The third-order valence-electron chi connectivity index (χ3n) is 2.37. The van der Waals surface area contributed by atoms with Gasteiger partial charge >= 0.3 is 6.09 Å². The molecule has 1 unspecified atom stereocenters. The average molecular weight is 259 g/mol. The van der Waals surface area contributed by atoms with E-state index in [0.717, 1.165) is 26.3 Å². The van der Waals surface area contributed by atoms with Crippen molar-refractivity contribution < 1.29 is 14.3 Å². The maximum absolute atomic E-state index is 11.5. The quantitative estimate of drug-likeness (QED) is 0.779. The highest BCUT2D eigenvalue weighted by molar-refractivity contribution is 5.67. The highest BCUT2D eigenvalue weighted by Crippen LogP contribution is 2.06. The number of hydrogen-bond acceptors (Lipinski definition) is 5. The van der Waals surface area contributed by atoms with Crippen molar-refractivity contribution in [2.24, 2.45) is 0 Å². The Bertz CT molecular complexity index is 260. The van der Waals surface area contributed by atoms with Crippen molar-refractivity contribution in [2.45, 2.75) is 39.3 Å². The van der Waals surface area contributed by atoms with Gasteiger partial charge < -0.3 is 14.8 Å². The van der Waals surface area contributed by atoms with E-state index in [4.69, 9.17) is 9.47 Å². The molecule has 0 aromatic heterocycles. The molecule has 1 fully saturated rings. The lowest BCUT2D eigenvalue weighted by atomic mass is 10.2. The molecule has 6 heteroatoms. The summed E-state index contributed by atoms with van der Waals surface area (Å²) in [6.07, 6.45) is -0.377. The first-order valence-electron chi connectivity index (χ1n) is 6.42. The minimum atomic E-state index is -0.453. The molecule has 0 aromatic carbocycles. The number of carbonyl (C=O) groups excluding carboxylic acids is 1. The van der Waals surface area contributed by atoms with Gasteiger partial charge in [0.2, 0.25) is 0 Å². The number of hydrazine groups is 1. The zero-order valence-electron chi connectivity index (χ0n) is 11.8. The summed E-state index contributed by atoms with van der Waals surface area (Å²) in [7, 11) is 0. The number of ether oxygens (including phenoxy) is 2. The Balaban J connectivity index is 2.16. The number of rotatable bonds is 4. The maximum atomic E-state index is 11.5. The molecule has 1 atom stereocenters. The molecular formula is C12H25N3O3. The summed E-state index contributed by atoms with van der Waals surface area (Å²) in [4.78, 5) is 11.5. The first-order valence-corrected chi connectivity index (χ1v) is 6.42. The summed E-state index contributed by atoms with van der Waals surface area (Å²) in [6.45, 7) is 11.3. The van der Waals surface area contributed by atoms with Crippen molar-refractivity contribution in [3.63, 3.8) is 0 Å². The Kier molecular flexibility index (Phi) is 5.84. The van der Waals surface area contributed by atoms with Crippen molar-refractivity contribution >= 4 is 6.09 Å². The number of alkyl carbamates (subject to hydrolysis) is 1. The van der Waals surface area contributed by atoms with Crippen LogP contribution in [0.5, 0.6) is 0 Å². The highest BCUT2D eigenvalue weighted by Gasteiger charge is 2.17. The summed E-state index contributed by atoms with van der Waals surface area (Å²) in [5.41, 5.74) is 2.87. The SMILES string of the molecule is CC(CNC(=O)OC(C)(C)C)NN1CCOCC1. The highest BCUT2D eigenvalue weighted by atomic mass is 16.6. The van der Waals surface area contributed by atoms with Crippen molar-refractivity contribution in [3.8, 4) is 0 Å². The van der Waals surface area contributed by atoms with Crippen LogP contribution < -0.4 is 10.7 Å². The van der Waals surface area contributed by atoms with Gasteiger partial charge in [0, 0.05) is 25.7 Å². The largest absolute Gasteiger partial charge is 0.444 e. The van der Waals surface area contributed by atoms with Crippen LogP contribution in [-0.4, -0.2) is 55.6 Å². The fourth-order valence-corrected chi connectivity index (χ4v) is 1.60. The van der Waals surface area contributed by atoms with E-state index in [1.165, 1.54) is 0 Å². The van der Waals surface area contributed by atoms with Gasteiger partial charge in [0.25, 0.3) is 0 Å². The van der Waals surface area contributed by atoms with Crippen LogP contribution in [0.15, 0.2) is 0 Å². The predicted octanol–water partition coefficient (Wildman–Crippen LogP) is 0.736. The molecule has 1 saturated heterocycles. The van der Waals surface area contributed by atoms with Gasteiger partial charge in [-0.05, 0) is 27.7 Å². The number of nitrogens with zero attached hydrogens (tertiary/aromatic N) is 1. The summed E-state index contributed by atoms with van der Waals surface area (Å²) in [5.74, 6) is 0. The van der Waals surface area contributed by atoms with Crippen molar-refractivity contribution in [1.29, 1.82) is 0 Å².